The topological polar surface area (TPSA) is 82.2 Å². The highest BCUT2D eigenvalue weighted by Gasteiger charge is 2.01. The van der Waals surface area contributed by atoms with Gasteiger partial charge in [-0.15, -0.1) is 0 Å². The highest BCUT2D eigenvalue weighted by molar-refractivity contribution is 8.00. The van der Waals surface area contributed by atoms with Crippen LogP contribution in [0.5, 0.6) is 0 Å². The zero-order chi connectivity index (χ0) is 13.6. The number of nitrogens with two attached hydrogens (primary N) is 1. The molecule has 102 valence electrons. The summed E-state index contributed by atoms with van der Waals surface area (Å²) in [6.07, 6.45) is 3.68. The number of rotatable bonds is 7. The van der Waals surface area contributed by atoms with E-state index in [1.165, 1.54) is 12.3 Å². The van der Waals surface area contributed by atoms with E-state index in [0.717, 1.165) is 12.2 Å². The Hall–Kier alpha value is -0.950. The van der Waals surface area contributed by atoms with Crippen LogP contribution >= 0.6 is 11.8 Å². The van der Waals surface area contributed by atoms with E-state index >= 15 is 0 Å². The van der Waals surface area contributed by atoms with E-state index in [1.807, 2.05) is 0 Å². The monoisotopic (exact) mass is 290 g/mol. The Bertz CT molecular complexity index is 537. The van der Waals surface area contributed by atoms with E-state index in [-0.39, 0.29) is 11.3 Å². The molecule has 0 unspecified atom stereocenters. The van der Waals surface area contributed by atoms with Gasteiger partial charge in [0, 0.05) is 36.5 Å². The van der Waals surface area contributed by atoms with Crippen molar-refractivity contribution < 1.29 is 8.42 Å². The molecule has 1 rings (SSSR count). The van der Waals surface area contributed by atoms with Crippen LogP contribution in [0.3, 0.4) is 0 Å². The largest absolute Gasteiger partial charge is 0.398 e. The number of hydrogen-bond donors (Lipinski definition) is 1. The smallest absolute Gasteiger partial charge is 0.250 e. The number of pyridine rings is 1. The van der Waals surface area contributed by atoms with Crippen LogP contribution in [-0.4, -0.2) is 36.5 Å². The Morgan fingerprint density at radius 3 is 2.72 bits per heavy atom. The zero-order valence-electron chi connectivity index (χ0n) is 10.3. The number of thioether (sulfide) groups is 1. The number of nitrogen functional groups attached to an aromatic ring is 1. The molecule has 0 aliphatic rings. The first-order valence-corrected chi connectivity index (χ1v) is 8.81. The predicted octanol–water partition coefficient (Wildman–Crippen LogP) is 0.598. The number of aryl methyl sites for hydroxylation is 1. The van der Waals surface area contributed by atoms with Crippen LogP contribution in [0.4, 0.5) is 5.69 Å². The standard InChI is InChI=1S/C11H18N2O3S2/c1-18(15,16)8-7-17-6-2-5-13-9-10(12)3-4-11(13)14/h3-4,9H,2,5-8,12H2,1H3. The van der Waals surface area contributed by atoms with Gasteiger partial charge in [-0.3, -0.25) is 4.79 Å². The molecule has 18 heavy (non-hydrogen) atoms. The SMILES string of the molecule is CS(=O)(=O)CCSCCCn1cc(N)ccc1=O. The van der Waals surface area contributed by atoms with Gasteiger partial charge in [-0.05, 0) is 18.2 Å². The van der Waals surface area contributed by atoms with Gasteiger partial charge in [0.1, 0.15) is 9.84 Å². The summed E-state index contributed by atoms with van der Waals surface area (Å²) in [6.45, 7) is 0.607. The average molecular weight is 290 g/mol. The summed E-state index contributed by atoms with van der Waals surface area (Å²) in [5.41, 5.74) is 6.10. The summed E-state index contributed by atoms with van der Waals surface area (Å²) in [5, 5.41) is 0. The summed E-state index contributed by atoms with van der Waals surface area (Å²) >= 11 is 1.58. The third-order valence-electron chi connectivity index (χ3n) is 2.29. The first-order chi connectivity index (χ1) is 8.38. The minimum Gasteiger partial charge on any atom is -0.398 e. The van der Waals surface area contributed by atoms with E-state index in [2.05, 4.69) is 0 Å². The second-order valence-electron chi connectivity index (χ2n) is 4.09. The average Bonchev–Trinajstić information content (AvgIpc) is 2.26. The van der Waals surface area contributed by atoms with Gasteiger partial charge in [-0.1, -0.05) is 0 Å². The normalized spacial score (nSPS) is 11.6. The molecule has 0 spiro atoms. The summed E-state index contributed by atoms with van der Waals surface area (Å²) in [6, 6.07) is 3.03. The number of sulfone groups is 1. The van der Waals surface area contributed by atoms with Crippen molar-refractivity contribution in [2.75, 3.05) is 29.2 Å². The first-order valence-electron chi connectivity index (χ1n) is 5.60. The molecule has 0 amide bonds. The molecule has 5 nitrogen and oxygen atoms in total. The Morgan fingerprint density at radius 2 is 2.06 bits per heavy atom. The van der Waals surface area contributed by atoms with Crippen LogP contribution in [0.2, 0.25) is 0 Å². The first kappa shape index (κ1) is 15.1. The fourth-order valence-corrected chi connectivity index (χ4v) is 3.59. The van der Waals surface area contributed by atoms with Crippen molar-refractivity contribution in [3.05, 3.63) is 28.7 Å². The highest BCUT2D eigenvalue weighted by atomic mass is 32.2. The van der Waals surface area contributed by atoms with Crippen LogP contribution in [0, 0.1) is 0 Å². The highest BCUT2D eigenvalue weighted by Crippen LogP contribution is 2.05. The van der Waals surface area contributed by atoms with Gasteiger partial charge in [0.05, 0.1) is 5.75 Å². The van der Waals surface area contributed by atoms with Crippen molar-refractivity contribution in [3.63, 3.8) is 0 Å². The second-order valence-corrected chi connectivity index (χ2v) is 7.57. The van der Waals surface area contributed by atoms with Crippen LogP contribution in [-0.2, 0) is 16.4 Å². The molecule has 2 N–H and O–H groups in total. The molecule has 1 heterocycles. The minimum absolute atomic E-state index is 0.0645. The van der Waals surface area contributed by atoms with Gasteiger partial charge in [0.25, 0.3) is 5.56 Å². The summed E-state index contributed by atoms with van der Waals surface area (Å²) in [4.78, 5) is 11.4. The van der Waals surface area contributed by atoms with Gasteiger partial charge in [-0.25, -0.2) is 8.42 Å². The maximum absolute atomic E-state index is 11.4. The fraction of sp³-hybridized carbons (Fsp3) is 0.545. The lowest BCUT2D eigenvalue weighted by atomic mass is 10.4. The second kappa shape index (κ2) is 6.84. The van der Waals surface area contributed by atoms with Crippen LogP contribution in [0.25, 0.3) is 0 Å². The molecule has 0 aliphatic heterocycles. The third-order valence-corrected chi connectivity index (χ3v) is 4.57. The van der Waals surface area contributed by atoms with Crippen molar-refractivity contribution >= 4 is 27.3 Å². The summed E-state index contributed by atoms with van der Waals surface area (Å²) in [7, 11) is -2.87. The molecule has 0 aliphatic carbocycles. The minimum atomic E-state index is -2.87. The Labute approximate surface area is 111 Å². The molecule has 0 radical (unpaired) electrons. The van der Waals surface area contributed by atoms with Gasteiger partial charge >= 0.3 is 0 Å². The lowest BCUT2D eigenvalue weighted by molar-refractivity contribution is 0.603. The van der Waals surface area contributed by atoms with E-state index in [0.29, 0.717) is 18.0 Å². The maximum Gasteiger partial charge on any atom is 0.250 e. The molecule has 0 fully saturated rings. The molecule has 0 bridgehead atoms. The van der Waals surface area contributed by atoms with Crippen molar-refractivity contribution in [2.45, 2.75) is 13.0 Å². The van der Waals surface area contributed by atoms with Crippen molar-refractivity contribution in [1.82, 2.24) is 4.57 Å². The van der Waals surface area contributed by atoms with Gasteiger partial charge in [0.15, 0.2) is 0 Å². The number of aromatic nitrogens is 1. The molecule has 0 saturated carbocycles. The molecule has 1 aromatic heterocycles. The molecular weight excluding hydrogens is 272 g/mol. The number of nitrogens with zero attached hydrogens (tertiary/aromatic N) is 1. The molecule has 0 saturated heterocycles. The molecule has 7 heteroatoms. The molecular formula is C11H18N2O3S2. The number of hydrogen-bond acceptors (Lipinski definition) is 5. The van der Waals surface area contributed by atoms with Gasteiger partial charge < -0.3 is 10.3 Å². The third kappa shape index (κ3) is 6.11. The summed E-state index contributed by atoms with van der Waals surface area (Å²) in [5.74, 6) is 1.64. The van der Waals surface area contributed by atoms with Crippen molar-refractivity contribution in [2.24, 2.45) is 0 Å². The van der Waals surface area contributed by atoms with Crippen LogP contribution in [0.1, 0.15) is 6.42 Å². The zero-order valence-corrected chi connectivity index (χ0v) is 12.0. The Morgan fingerprint density at radius 1 is 1.33 bits per heavy atom. The van der Waals surface area contributed by atoms with Gasteiger partial charge in [0.2, 0.25) is 0 Å². The van der Waals surface area contributed by atoms with Gasteiger partial charge in [-0.2, -0.15) is 11.8 Å². The molecule has 0 aromatic carbocycles. The molecule has 1 aromatic rings. The lowest BCUT2D eigenvalue weighted by Crippen LogP contribution is -2.19. The fourth-order valence-electron chi connectivity index (χ4n) is 1.37. The van der Waals surface area contributed by atoms with E-state index in [9.17, 15) is 13.2 Å². The quantitative estimate of drug-likeness (QED) is 0.744. The Balaban J connectivity index is 2.26. The lowest BCUT2D eigenvalue weighted by Gasteiger charge is -2.06. The maximum atomic E-state index is 11.4. The van der Waals surface area contributed by atoms with E-state index < -0.39 is 9.84 Å². The van der Waals surface area contributed by atoms with Crippen molar-refractivity contribution in [1.29, 1.82) is 0 Å². The predicted molar refractivity (Wildman–Crippen MR) is 76.8 cm³/mol. The van der Waals surface area contributed by atoms with Crippen molar-refractivity contribution in [3.8, 4) is 0 Å². The summed E-state index contributed by atoms with van der Waals surface area (Å²) < 4.78 is 23.4. The Kier molecular flexibility index (Phi) is 5.74. The number of anilines is 1. The van der Waals surface area contributed by atoms with Crippen LogP contribution in [0.15, 0.2) is 23.1 Å². The van der Waals surface area contributed by atoms with E-state index in [4.69, 9.17) is 5.73 Å². The van der Waals surface area contributed by atoms with E-state index in [1.54, 1.807) is 28.6 Å². The van der Waals surface area contributed by atoms with Crippen LogP contribution < -0.4 is 11.3 Å². The molecule has 0 atom stereocenters.